The van der Waals surface area contributed by atoms with Crippen molar-refractivity contribution in [2.45, 2.75) is 32.7 Å². The molecule has 0 heterocycles. The van der Waals surface area contributed by atoms with Gasteiger partial charge in [0.05, 0.1) is 18.0 Å². The number of hydrogen-bond donors (Lipinski definition) is 4. The molecular weight excluding hydrogens is 250 g/mol. The smallest absolute Gasteiger partial charge is 0.311 e. The van der Waals surface area contributed by atoms with E-state index < -0.39 is 23.3 Å². The molecule has 108 valence electrons. The molecule has 7 heteroatoms. The second-order valence-electron chi connectivity index (χ2n) is 5.35. The van der Waals surface area contributed by atoms with Gasteiger partial charge in [0, 0.05) is 6.54 Å². The number of carbonyl (C=O) groups is 3. The molecule has 19 heavy (non-hydrogen) atoms. The minimum absolute atomic E-state index is 0.00944. The number of nitrogens with two attached hydrogens (primary N) is 1. The molecule has 1 aliphatic carbocycles. The number of hydrogen-bond acceptors (Lipinski definition) is 4. The largest absolute Gasteiger partial charge is 0.481 e. The van der Waals surface area contributed by atoms with Crippen LogP contribution in [0.25, 0.3) is 0 Å². The quantitative estimate of drug-likeness (QED) is 0.476. The highest BCUT2D eigenvalue weighted by atomic mass is 16.4. The lowest BCUT2D eigenvalue weighted by molar-refractivity contribution is -0.143. The molecule has 0 spiro atoms. The van der Waals surface area contributed by atoms with Crippen LogP contribution < -0.4 is 16.4 Å². The number of amides is 2. The lowest BCUT2D eigenvalue weighted by atomic mass is 10.1. The van der Waals surface area contributed by atoms with Crippen molar-refractivity contribution < 1.29 is 19.5 Å². The molecule has 0 aromatic heterocycles. The minimum atomic E-state index is -0.890. The maximum atomic E-state index is 11.5. The van der Waals surface area contributed by atoms with Crippen molar-refractivity contribution in [1.29, 1.82) is 0 Å². The fraction of sp³-hybridized carbons (Fsp3) is 0.750. The van der Waals surface area contributed by atoms with E-state index in [2.05, 4.69) is 10.6 Å². The fourth-order valence-electron chi connectivity index (χ4n) is 1.54. The molecule has 0 aromatic rings. The summed E-state index contributed by atoms with van der Waals surface area (Å²) in [4.78, 5) is 33.9. The number of carboxylic acids is 1. The molecule has 2 amide bonds. The van der Waals surface area contributed by atoms with Crippen molar-refractivity contribution in [3.05, 3.63) is 0 Å². The van der Waals surface area contributed by atoms with Crippen LogP contribution in [0.15, 0.2) is 0 Å². The first-order valence-electron chi connectivity index (χ1n) is 6.32. The van der Waals surface area contributed by atoms with E-state index in [1.165, 1.54) is 0 Å². The maximum absolute atomic E-state index is 11.5. The Morgan fingerprint density at radius 2 is 1.84 bits per heavy atom. The molecule has 0 saturated heterocycles. The van der Waals surface area contributed by atoms with Gasteiger partial charge in [-0.05, 0) is 18.8 Å². The SMILES string of the molecule is CC(C)[C@H](N)C(=O)NCC(=O)NCC1(C(=O)O)CC1. The summed E-state index contributed by atoms with van der Waals surface area (Å²) in [5.41, 5.74) is 4.82. The summed E-state index contributed by atoms with van der Waals surface area (Å²) in [5, 5.41) is 13.9. The average molecular weight is 271 g/mol. The van der Waals surface area contributed by atoms with E-state index in [0.717, 1.165) is 0 Å². The number of carbonyl (C=O) groups excluding carboxylic acids is 2. The number of rotatable bonds is 7. The summed E-state index contributed by atoms with van der Waals surface area (Å²) in [5.74, 6) is -1.69. The second-order valence-corrected chi connectivity index (χ2v) is 5.35. The van der Waals surface area contributed by atoms with Crippen LogP contribution in [0.1, 0.15) is 26.7 Å². The molecule has 1 saturated carbocycles. The van der Waals surface area contributed by atoms with Crippen molar-refractivity contribution in [1.82, 2.24) is 10.6 Å². The molecule has 5 N–H and O–H groups in total. The van der Waals surface area contributed by atoms with Gasteiger partial charge in [-0.3, -0.25) is 14.4 Å². The molecule has 0 aromatic carbocycles. The van der Waals surface area contributed by atoms with Gasteiger partial charge in [-0.2, -0.15) is 0 Å². The fourth-order valence-corrected chi connectivity index (χ4v) is 1.54. The second kappa shape index (κ2) is 6.01. The van der Waals surface area contributed by atoms with Gasteiger partial charge >= 0.3 is 5.97 Å². The Bertz CT molecular complexity index is 377. The van der Waals surface area contributed by atoms with Crippen molar-refractivity contribution in [2.24, 2.45) is 17.1 Å². The van der Waals surface area contributed by atoms with Crippen molar-refractivity contribution in [3.63, 3.8) is 0 Å². The normalized spacial score (nSPS) is 17.7. The van der Waals surface area contributed by atoms with Crippen LogP contribution in [0.3, 0.4) is 0 Å². The molecule has 1 rings (SSSR count). The zero-order chi connectivity index (χ0) is 14.6. The van der Waals surface area contributed by atoms with Crippen molar-refractivity contribution >= 4 is 17.8 Å². The van der Waals surface area contributed by atoms with Gasteiger partial charge in [-0.15, -0.1) is 0 Å². The van der Waals surface area contributed by atoms with E-state index in [1.807, 2.05) is 13.8 Å². The third kappa shape index (κ3) is 4.20. The van der Waals surface area contributed by atoms with Gasteiger partial charge in [0.2, 0.25) is 11.8 Å². The first-order valence-corrected chi connectivity index (χ1v) is 6.32. The summed E-state index contributed by atoms with van der Waals surface area (Å²) < 4.78 is 0. The highest BCUT2D eigenvalue weighted by Gasteiger charge is 2.50. The molecule has 1 aliphatic rings. The average Bonchev–Trinajstić information content (AvgIpc) is 3.13. The van der Waals surface area contributed by atoms with Crippen LogP contribution in [-0.2, 0) is 14.4 Å². The minimum Gasteiger partial charge on any atom is -0.481 e. The Hall–Kier alpha value is -1.63. The lowest BCUT2D eigenvalue weighted by Crippen LogP contribution is -2.47. The van der Waals surface area contributed by atoms with Crippen LogP contribution in [0, 0.1) is 11.3 Å². The Morgan fingerprint density at radius 3 is 2.26 bits per heavy atom. The molecule has 0 unspecified atom stereocenters. The van der Waals surface area contributed by atoms with E-state index >= 15 is 0 Å². The Morgan fingerprint density at radius 1 is 1.26 bits per heavy atom. The van der Waals surface area contributed by atoms with E-state index in [1.54, 1.807) is 0 Å². The molecule has 1 atom stereocenters. The lowest BCUT2D eigenvalue weighted by Gasteiger charge is -2.15. The van der Waals surface area contributed by atoms with Crippen LogP contribution >= 0.6 is 0 Å². The van der Waals surface area contributed by atoms with Gasteiger partial charge in [0.25, 0.3) is 0 Å². The predicted molar refractivity (Wildman–Crippen MR) is 68.1 cm³/mol. The number of aliphatic carboxylic acids is 1. The first kappa shape index (κ1) is 15.4. The molecule has 1 fully saturated rings. The third-order valence-corrected chi connectivity index (χ3v) is 3.38. The first-order chi connectivity index (χ1) is 8.78. The topological polar surface area (TPSA) is 122 Å². The summed E-state index contributed by atoms with van der Waals surface area (Å²) >= 11 is 0. The Kier molecular flexibility index (Phi) is 4.88. The molecule has 0 aliphatic heterocycles. The Balaban J connectivity index is 2.25. The highest BCUT2D eigenvalue weighted by Crippen LogP contribution is 2.45. The zero-order valence-corrected chi connectivity index (χ0v) is 11.2. The van der Waals surface area contributed by atoms with E-state index in [0.29, 0.717) is 12.8 Å². The van der Waals surface area contributed by atoms with Gasteiger partial charge in [0.1, 0.15) is 0 Å². The van der Waals surface area contributed by atoms with Gasteiger partial charge in [-0.1, -0.05) is 13.8 Å². The van der Waals surface area contributed by atoms with Crippen molar-refractivity contribution in [2.75, 3.05) is 13.1 Å². The van der Waals surface area contributed by atoms with Gasteiger partial charge in [0.15, 0.2) is 0 Å². The van der Waals surface area contributed by atoms with E-state index in [4.69, 9.17) is 10.8 Å². The molecule has 0 radical (unpaired) electrons. The summed E-state index contributed by atoms with van der Waals surface area (Å²) in [6.07, 6.45) is 1.15. The van der Waals surface area contributed by atoms with Crippen LogP contribution in [0.5, 0.6) is 0 Å². The molecular formula is C12H21N3O4. The van der Waals surface area contributed by atoms with Gasteiger partial charge < -0.3 is 21.5 Å². The zero-order valence-electron chi connectivity index (χ0n) is 11.2. The number of nitrogens with one attached hydrogen (secondary N) is 2. The van der Waals surface area contributed by atoms with E-state index in [-0.39, 0.29) is 24.9 Å². The summed E-state index contributed by atoms with van der Waals surface area (Å²) in [7, 11) is 0. The third-order valence-electron chi connectivity index (χ3n) is 3.38. The van der Waals surface area contributed by atoms with Gasteiger partial charge in [-0.25, -0.2) is 0 Å². The summed E-state index contributed by atoms with van der Waals surface area (Å²) in [6.45, 7) is 3.55. The molecule has 0 bridgehead atoms. The number of carboxylic acid groups (broad SMARTS) is 1. The van der Waals surface area contributed by atoms with Crippen LogP contribution in [0.2, 0.25) is 0 Å². The Labute approximate surface area is 111 Å². The highest BCUT2D eigenvalue weighted by molar-refractivity contribution is 5.88. The van der Waals surface area contributed by atoms with Crippen LogP contribution in [-0.4, -0.2) is 42.0 Å². The predicted octanol–water partition coefficient (Wildman–Crippen LogP) is -0.933. The van der Waals surface area contributed by atoms with Crippen molar-refractivity contribution in [3.8, 4) is 0 Å². The standard InChI is InChI=1S/C12H21N3O4/c1-7(2)9(13)10(17)14-5-8(16)15-6-12(3-4-12)11(18)19/h7,9H,3-6,13H2,1-2H3,(H,14,17)(H,15,16)(H,18,19)/t9-/m0/s1. The maximum Gasteiger partial charge on any atom is 0.311 e. The van der Waals surface area contributed by atoms with Crippen LogP contribution in [0.4, 0.5) is 0 Å². The van der Waals surface area contributed by atoms with E-state index in [9.17, 15) is 14.4 Å². The monoisotopic (exact) mass is 271 g/mol. The molecule has 7 nitrogen and oxygen atoms in total. The summed E-state index contributed by atoms with van der Waals surface area (Å²) in [6, 6.07) is -0.651.